The summed E-state index contributed by atoms with van der Waals surface area (Å²) in [7, 11) is -3.52. The topological polar surface area (TPSA) is 55.6 Å². The fraction of sp³-hybridized carbons (Fsp3) is 0.111. The molecule has 0 bridgehead atoms. The highest BCUT2D eigenvalue weighted by molar-refractivity contribution is 7.94. The molecule has 0 aliphatic rings. The molecule has 15 heavy (non-hydrogen) atoms. The van der Waals surface area contributed by atoms with E-state index in [1.54, 1.807) is 11.4 Å². The summed E-state index contributed by atoms with van der Waals surface area (Å²) in [5.74, 6) is 0. The Kier molecular flexibility index (Phi) is 3.39. The number of rotatable bonds is 3. The molecule has 0 saturated heterocycles. The molecular formula is C9H7NO3S2. The minimum Gasteiger partial charge on any atom is -0.298 e. The first-order chi connectivity index (χ1) is 6.99. The summed E-state index contributed by atoms with van der Waals surface area (Å²) in [5.41, 5.74) is 0.393. The summed E-state index contributed by atoms with van der Waals surface area (Å²) in [6.07, 6.45) is 2.81. The lowest BCUT2D eigenvalue weighted by atomic mass is 10.3. The lowest BCUT2D eigenvalue weighted by Crippen LogP contribution is -1.96. The Morgan fingerprint density at radius 2 is 2.27 bits per heavy atom. The lowest BCUT2D eigenvalue weighted by molar-refractivity contribution is 0.112. The van der Waals surface area contributed by atoms with E-state index in [4.69, 9.17) is 6.57 Å². The van der Waals surface area contributed by atoms with E-state index in [1.807, 2.05) is 0 Å². The van der Waals surface area contributed by atoms with E-state index in [1.165, 1.54) is 17.4 Å². The number of hydrogen-bond acceptors (Lipinski definition) is 4. The van der Waals surface area contributed by atoms with Crippen LogP contribution in [0.3, 0.4) is 0 Å². The molecule has 0 N–H and O–H groups in total. The Balaban J connectivity index is 3.28. The molecule has 0 spiro atoms. The molecule has 6 heteroatoms. The van der Waals surface area contributed by atoms with Gasteiger partial charge in [-0.25, -0.2) is 13.3 Å². The summed E-state index contributed by atoms with van der Waals surface area (Å²) in [5, 5.41) is 1.31. The van der Waals surface area contributed by atoms with Gasteiger partial charge in [0.05, 0.1) is 6.57 Å². The third-order valence-corrected chi connectivity index (χ3v) is 3.45. The number of carbonyl (C=O) groups is 1. The largest absolute Gasteiger partial charge is 0.298 e. The van der Waals surface area contributed by atoms with Crippen LogP contribution in [0.1, 0.15) is 15.2 Å². The summed E-state index contributed by atoms with van der Waals surface area (Å²) in [4.78, 5) is 14.0. The Labute approximate surface area is 91.6 Å². The Morgan fingerprint density at radius 1 is 1.60 bits per heavy atom. The quantitative estimate of drug-likeness (QED) is 0.599. The minimum absolute atomic E-state index is 0.354. The summed E-state index contributed by atoms with van der Waals surface area (Å²) < 4.78 is 22.2. The molecule has 1 heterocycles. The number of hydrogen-bond donors (Lipinski definition) is 0. The van der Waals surface area contributed by atoms with Crippen LogP contribution in [0, 0.1) is 6.57 Å². The molecule has 0 saturated carbocycles. The van der Waals surface area contributed by atoms with Gasteiger partial charge in [-0.15, -0.1) is 11.3 Å². The van der Waals surface area contributed by atoms with E-state index in [0.29, 0.717) is 16.7 Å². The van der Waals surface area contributed by atoms with E-state index in [-0.39, 0.29) is 5.03 Å². The van der Waals surface area contributed by atoms with E-state index in [9.17, 15) is 13.2 Å². The SMILES string of the molecule is [C-]#[N+]/C(=C\c1sccc1C=O)S(C)(=O)=O. The van der Waals surface area contributed by atoms with E-state index < -0.39 is 9.84 Å². The maximum atomic E-state index is 11.1. The zero-order valence-electron chi connectivity index (χ0n) is 7.80. The van der Waals surface area contributed by atoms with E-state index in [0.717, 1.165) is 6.26 Å². The third-order valence-electron chi connectivity index (χ3n) is 1.60. The van der Waals surface area contributed by atoms with Gasteiger partial charge in [-0.3, -0.25) is 4.79 Å². The van der Waals surface area contributed by atoms with Gasteiger partial charge < -0.3 is 0 Å². The third kappa shape index (κ3) is 2.75. The molecule has 0 aliphatic carbocycles. The van der Waals surface area contributed by atoms with Gasteiger partial charge in [0.25, 0.3) is 5.03 Å². The second-order valence-electron chi connectivity index (χ2n) is 2.72. The molecule has 1 aromatic rings. The molecule has 0 amide bonds. The fourth-order valence-corrected chi connectivity index (χ4v) is 2.25. The lowest BCUT2D eigenvalue weighted by Gasteiger charge is -1.93. The number of thiophene rings is 1. The predicted molar refractivity (Wildman–Crippen MR) is 59.1 cm³/mol. The van der Waals surface area contributed by atoms with Crippen molar-refractivity contribution >= 4 is 33.5 Å². The standard InChI is InChI=1S/C9H7NO3S2/c1-10-9(15(2,12)13)5-8-7(6-11)3-4-14-8/h3-6H,2H3/b9-5+. The van der Waals surface area contributed by atoms with Gasteiger partial charge in [-0.1, -0.05) is 0 Å². The Morgan fingerprint density at radius 3 is 2.73 bits per heavy atom. The van der Waals surface area contributed by atoms with Crippen LogP contribution in [0.15, 0.2) is 16.5 Å². The van der Waals surface area contributed by atoms with Crippen LogP contribution < -0.4 is 0 Å². The second-order valence-corrected chi connectivity index (χ2v) is 5.63. The van der Waals surface area contributed by atoms with Crippen LogP contribution >= 0.6 is 11.3 Å². The number of carbonyl (C=O) groups excluding carboxylic acids is 1. The van der Waals surface area contributed by atoms with E-state index >= 15 is 0 Å². The molecule has 0 radical (unpaired) electrons. The molecule has 0 aliphatic heterocycles. The maximum Gasteiger partial charge on any atom is 0.279 e. The van der Waals surface area contributed by atoms with Crippen molar-refractivity contribution in [1.29, 1.82) is 0 Å². The summed E-state index contributed by atoms with van der Waals surface area (Å²) in [6, 6.07) is 1.58. The van der Waals surface area contributed by atoms with Crippen molar-refractivity contribution in [3.63, 3.8) is 0 Å². The molecule has 1 aromatic heterocycles. The second kappa shape index (κ2) is 4.38. The Bertz CT molecular complexity index is 546. The zero-order valence-corrected chi connectivity index (χ0v) is 9.43. The van der Waals surface area contributed by atoms with Gasteiger partial charge in [0.15, 0.2) is 16.1 Å². The van der Waals surface area contributed by atoms with Crippen LogP contribution in [-0.4, -0.2) is 21.0 Å². The molecule has 1 rings (SSSR count). The molecule has 0 fully saturated rings. The van der Waals surface area contributed by atoms with Crippen molar-refractivity contribution in [2.24, 2.45) is 0 Å². The van der Waals surface area contributed by atoms with Crippen molar-refractivity contribution in [3.05, 3.63) is 38.3 Å². The van der Waals surface area contributed by atoms with Crippen molar-refractivity contribution in [2.75, 3.05) is 6.26 Å². The summed E-state index contributed by atoms with van der Waals surface area (Å²) >= 11 is 1.22. The Hall–Kier alpha value is -1.45. The normalized spacial score (nSPS) is 12.1. The van der Waals surface area contributed by atoms with Gasteiger partial charge >= 0.3 is 0 Å². The van der Waals surface area contributed by atoms with Crippen molar-refractivity contribution in [1.82, 2.24) is 0 Å². The molecule has 0 aromatic carbocycles. The highest BCUT2D eigenvalue weighted by atomic mass is 32.2. The minimum atomic E-state index is -3.52. The van der Waals surface area contributed by atoms with Gasteiger partial charge in [0.1, 0.15) is 0 Å². The van der Waals surface area contributed by atoms with Crippen molar-refractivity contribution < 1.29 is 13.2 Å². The molecular weight excluding hydrogens is 234 g/mol. The van der Waals surface area contributed by atoms with Crippen molar-refractivity contribution in [2.45, 2.75) is 0 Å². The van der Waals surface area contributed by atoms with Gasteiger partial charge in [0.2, 0.25) is 0 Å². The highest BCUT2D eigenvalue weighted by Gasteiger charge is 2.13. The van der Waals surface area contributed by atoms with Crippen LogP contribution in [0.25, 0.3) is 10.9 Å². The molecule has 0 unspecified atom stereocenters. The van der Waals surface area contributed by atoms with Crippen molar-refractivity contribution in [3.8, 4) is 0 Å². The van der Waals surface area contributed by atoms with Crippen LogP contribution in [-0.2, 0) is 9.84 Å². The average molecular weight is 241 g/mol. The number of aldehydes is 1. The molecule has 78 valence electrons. The first kappa shape index (κ1) is 11.6. The number of nitrogens with zero attached hydrogens (tertiary/aromatic N) is 1. The fourth-order valence-electron chi connectivity index (χ4n) is 0.880. The highest BCUT2D eigenvalue weighted by Crippen LogP contribution is 2.21. The number of sulfone groups is 1. The first-order valence-corrected chi connectivity index (χ1v) is 6.58. The van der Waals surface area contributed by atoms with Gasteiger partial charge in [-0.2, -0.15) is 0 Å². The zero-order chi connectivity index (χ0) is 11.5. The smallest absolute Gasteiger partial charge is 0.279 e. The van der Waals surface area contributed by atoms with Crippen LogP contribution in [0.5, 0.6) is 0 Å². The summed E-state index contributed by atoms with van der Waals surface area (Å²) in [6.45, 7) is 6.74. The molecule has 0 atom stereocenters. The monoisotopic (exact) mass is 241 g/mol. The van der Waals surface area contributed by atoms with Crippen LogP contribution in [0.2, 0.25) is 0 Å². The van der Waals surface area contributed by atoms with E-state index in [2.05, 4.69) is 4.85 Å². The van der Waals surface area contributed by atoms with Gasteiger partial charge in [0, 0.05) is 16.7 Å². The maximum absolute atomic E-state index is 11.1. The van der Waals surface area contributed by atoms with Gasteiger partial charge in [-0.05, 0) is 17.5 Å². The predicted octanol–water partition coefficient (Wildman–Crippen LogP) is 1.82. The average Bonchev–Trinajstić information content (AvgIpc) is 2.59. The molecule has 4 nitrogen and oxygen atoms in total. The van der Waals surface area contributed by atoms with Crippen LogP contribution in [0.4, 0.5) is 0 Å². The first-order valence-electron chi connectivity index (χ1n) is 3.81.